The summed E-state index contributed by atoms with van der Waals surface area (Å²) >= 11 is 6.35. The molecule has 4 rings (SSSR count). The first-order valence-electron chi connectivity index (χ1n) is 7.55. The molecular formula is C18H15ClN2O2. The smallest absolute Gasteiger partial charge is 0.154 e. The van der Waals surface area contributed by atoms with E-state index in [2.05, 4.69) is 4.98 Å². The minimum atomic E-state index is -1.04. The number of halogens is 1. The van der Waals surface area contributed by atoms with Crippen molar-refractivity contribution in [2.24, 2.45) is 0 Å². The molecule has 0 spiro atoms. The van der Waals surface area contributed by atoms with Gasteiger partial charge in [-0.1, -0.05) is 48.0 Å². The molecule has 3 aromatic rings. The number of carbonyl (C=O) groups is 1. The van der Waals surface area contributed by atoms with E-state index in [0.717, 1.165) is 27.7 Å². The Bertz CT molecular complexity index is 903. The number of carboxylic acid groups (broad SMARTS) is 1. The maximum Gasteiger partial charge on any atom is 0.154 e. The van der Waals surface area contributed by atoms with Crippen molar-refractivity contribution in [2.75, 3.05) is 0 Å². The molecule has 2 heterocycles. The number of para-hydroxylation sites is 1. The van der Waals surface area contributed by atoms with Gasteiger partial charge in [0.05, 0.1) is 16.7 Å². The average Bonchev–Trinajstić information content (AvgIpc) is 2.93. The number of aromatic nitrogens is 1. The molecule has 0 aliphatic carbocycles. The van der Waals surface area contributed by atoms with E-state index < -0.39 is 12.0 Å². The summed E-state index contributed by atoms with van der Waals surface area (Å²) in [6.45, 7) is 0. The van der Waals surface area contributed by atoms with Gasteiger partial charge in [0.1, 0.15) is 6.04 Å². The van der Waals surface area contributed by atoms with Gasteiger partial charge in [0, 0.05) is 22.9 Å². The fourth-order valence-corrected chi connectivity index (χ4v) is 3.72. The number of H-pyrrole nitrogens is 1. The Balaban J connectivity index is 1.93. The summed E-state index contributed by atoms with van der Waals surface area (Å²) in [5.41, 5.74) is 3.99. The third kappa shape index (κ3) is 2.31. The highest BCUT2D eigenvalue weighted by atomic mass is 35.5. The number of carbonyl (C=O) groups excluding carboxylic acids is 1. The van der Waals surface area contributed by atoms with Crippen molar-refractivity contribution in [1.82, 2.24) is 4.98 Å². The number of nitrogens with two attached hydrogens (primary N) is 1. The molecule has 3 N–H and O–H groups in total. The minimum absolute atomic E-state index is 0.178. The molecule has 1 aliphatic rings. The second-order valence-electron chi connectivity index (χ2n) is 5.88. The monoisotopic (exact) mass is 326 g/mol. The van der Waals surface area contributed by atoms with E-state index in [1.165, 1.54) is 0 Å². The molecule has 4 nitrogen and oxygen atoms in total. The summed E-state index contributed by atoms with van der Waals surface area (Å²) in [5.74, 6) is -1.04. The molecule has 0 bridgehead atoms. The van der Waals surface area contributed by atoms with Crippen LogP contribution in [0.2, 0.25) is 5.02 Å². The molecule has 0 saturated heterocycles. The van der Waals surface area contributed by atoms with Crippen molar-refractivity contribution < 1.29 is 15.2 Å². The van der Waals surface area contributed by atoms with Gasteiger partial charge in [0.2, 0.25) is 0 Å². The molecule has 1 aromatic heterocycles. The quantitative estimate of drug-likeness (QED) is 0.741. The van der Waals surface area contributed by atoms with Crippen molar-refractivity contribution in [3.05, 3.63) is 70.4 Å². The number of benzene rings is 2. The van der Waals surface area contributed by atoms with Crippen molar-refractivity contribution in [3.63, 3.8) is 0 Å². The third-order valence-electron chi connectivity index (χ3n) is 4.55. The third-order valence-corrected chi connectivity index (χ3v) is 4.89. The van der Waals surface area contributed by atoms with Gasteiger partial charge in [0.25, 0.3) is 0 Å². The van der Waals surface area contributed by atoms with E-state index in [4.69, 9.17) is 11.6 Å². The molecule has 2 atom stereocenters. The van der Waals surface area contributed by atoms with Gasteiger partial charge in [-0.3, -0.25) is 0 Å². The fraction of sp³-hybridized carbons (Fsp3) is 0.167. The predicted octanol–water partition coefficient (Wildman–Crippen LogP) is 1.15. The number of rotatable bonds is 2. The molecular weight excluding hydrogens is 312 g/mol. The average molecular weight is 327 g/mol. The molecule has 0 saturated carbocycles. The van der Waals surface area contributed by atoms with Gasteiger partial charge < -0.3 is 20.2 Å². The number of quaternary nitrogens is 1. The zero-order valence-electron chi connectivity index (χ0n) is 12.3. The Morgan fingerprint density at radius 1 is 1.17 bits per heavy atom. The highest BCUT2D eigenvalue weighted by molar-refractivity contribution is 6.31. The SMILES string of the molecule is O=C([O-])[C@@H]1Cc2c([nH]c3ccccc23)[C@H](c2ccccc2Cl)[NH2+]1. The normalized spacial score (nSPS) is 20.4. The molecule has 2 aromatic carbocycles. The van der Waals surface area contributed by atoms with Crippen LogP contribution >= 0.6 is 11.6 Å². The lowest BCUT2D eigenvalue weighted by Gasteiger charge is -2.29. The van der Waals surface area contributed by atoms with Crippen LogP contribution in [0.3, 0.4) is 0 Å². The summed E-state index contributed by atoms with van der Waals surface area (Å²) in [5, 5.41) is 15.0. The van der Waals surface area contributed by atoms with Gasteiger partial charge in [-0.2, -0.15) is 0 Å². The molecule has 1 aliphatic heterocycles. The van der Waals surface area contributed by atoms with E-state index in [1.807, 2.05) is 53.8 Å². The van der Waals surface area contributed by atoms with Gasteiger partial charge >= 0.3 is 0 Å². The molecule has 0 radical (unpaired) electrons. The first-order chi connectivity index (χ1) is 11.1. The minimum Gasteiger partial charge on any atom is -0.544 e. The number of carboxylic acids is 1. The van der Waals surface area contributed by atoms with E-state index in [0.29, 0.717) is 11.4 Å². The van der Waals surface area contributed by atoms with Crippen LogP contribution in [-0.4, -0.2) is 17.0 Å². The maximum atomic E-state index is 11.5. The predicted molar refractivity (Wildman–Crippen MR) is 86.0 cm³/mol. The first kappa shape index (κ1) is 14.3. The standard InChI is InChI=1S/C18H15ClN2O2/c19-13-7-3-1-6-11(13)16-17-12(9-15(21-16)18(22)23)10-5-2-4-8-14(10)20-17/h1-8,15-16,20-21H,9H2,(H,22,23)/t15-,16-/m0/s1. The van der Waals surface area contributed by atoms with Gasteiger partial charge in [-0.15, -0.1) is 0 Å². The molecule has 0 fully saturated rings. The van der Waals surface area contributed by atoms with Crippen LogP contribution in [0, 0.1) is 0 Å². The van der Waals surface area contributed by atoms with Gasteiger partial charge in [0.15, 0.2) is 6.04 Å². The summed E-state index contributed by atoms with van der Waals surface area (Å²) in [6, 6.07) is 14.7. The number of aromatic amines is 1. The molecule has 0 unspecified atom stereocenters. The number of nitrogens with one attached hydrogen (secondary N) is 1. The molecule has 23 heavy (non-hydrogen) atoms. The number of hydrogen-bond donors (Lipinski definition) is 2. The Hall–Kier alpha value is -2.30. The maximum absolute atomic E-state index is 11.5. The van der Waals surface area contributed by atoms with Crippen molar-refractivity contribution >= 4 is 28.5 Å². The summed E-state index contributed by atoms with van der Waals surface area (Å²) in [6.07, 6.45) is 0.447. The van der Waals surface area contributed by atoms with Crippen LogP contribution in [0.15, 0.2) is 48.5 Å². The van der Waals surface area contributed by atoms with Crippen LogP contribution in [0.1, 0.15) is 22.9 Å². The lowest BCUT2D eigenvalue weighted by atomic mass is 9.90. The zero-order chi connectivity index (χ0) is 16.0. The highest BCUT2D eigenvalue weighted by Gasteiger charge is 2.35. The summed E-state index contributed by atoms with van der Waals surface area (Å²) < 4.78 is 0. The number of aliphatic carboxylic acids is 1. The van der Waals surface area contributed by atoms with Gasteiger partial charge in [-0.05, 0) is 17.7 Å². The Labute approximate surface area is 138 Å². The fourth-order valence-electron chi connectivity index (χ4n) is 3.47. The number of hydrogen-bond acceptors (Lipinski definition) is 2. The largest absolute Gasteiger partial charge is 0.544 e. The summed E-state index contributed by atoms with van der Waals surface area (Å²) in [7, 11) is 0. The lowest BCUT2D eigenvalue weighted by Crippen LogP contribution is -2.95. The van der Waals surface area contributed by atoms with Crippen LogP contribution in [-0.2, 0) is 11.2 Å². The topological polar surface area (TPSA) is 72.5 Å². The van der Waals surface area contributed by atoms with Crippen LogP contribution < -0.4 is 10.4 Å². The van der Waals surface area contributed by atoms with Crippen molar-refractivity contribution in [3.8, 4) is 0 Å². The second kappa shape index (κ2) is 5.41. The van der Waals surface area contributed by atoms with Crippen molar-refractivity contribution in [1.29, 1.82) is 0 Å². The van der Waals surface area contributed by atoms with E-state index in [9.17, 15) is 9.90 Å². The Morgan fingerprint density at radius 3 is 2.70 bits per heavy atom. The van der Waals surface area contributed by atoms with E-state index in [-0.39, 0.29) is 6.04 Å². The van der Waals surface area contributed by atoms with E-state index >= 15 is 0 Å². The van der Waals surface area contributed by atoms with Crippen LogP contribution in [0.25, 0.3) is 10.9 Å². The highest BCUT2D eigenvalue weighted by Crippen LogP contribution is 2.34. The van der Waals surface area contributed by atoms with Crippen LogP contribution in [0.4, 0.5) is 0 Å². The molecule has 0 amide bonds. The number of fused-ring (bicyclic) bond motifs is 3. The zero-order valence-corrected chi connectivity index (χ0v) is 13.0. The molecule has 5 heteroatoms. The lowest BCUT2D eigenvalue weighted by molar-refractivity contribution is -0.717. The van der Waals surface area contributed by atoms with Crippen LogP contribution in [0.5, 0.6) is 0 Å². The second-order valence-corrected chi connectivity index (χ2v) is 6.29. The van der Waals surface area contributed by atoms with Crippen molar-refractivity contribution in [2.45, 2.75) is 18.5 Å². The Morgan fingerprint density at radius 2 is 1.91 bits per heavy atom. The van der Waals surface area contributed by atoms with Gasteiger partial charge in [-0.25, -0.2) is 0 Å². The molecule has 116 valence electrons. The summed E-state index contributed by atoms with van der Waals surface area (Å²) in [4.78, 5) is 14.9. The first-order valence-corrected chi connectivity index (χ1v) is 7.92. The Kier molecular flexibility index (Phi) is 3.36. The van der Waals surface area contributed by atoms with E-state index in [1.54, 1.807) is 0 Å².